The molecule has 1 rings (SSSR count). The van der Waals surface area contributed by atoms with Gasteiger partial charge in [0, 0.05) is 11.3 Å². The second-order valence-electron chi connectivity index (χ2n) is 2.73. The normalized spacial score (nSPS) is 13.0. The summed E-state index contributed by atoms with van der Waals surface area (Å²) in [4.78, 5) is 4.05. The third kappa shape index (κ3) is 1.96. The smallest absolute Gasteiger partial charge is 0.129 e. The number of aryl methyl sites for hydroxylation is 1. The summed E-state index contributed by atoms with van der Waals surface area (Å²) in [7, 11) is 0. The largest absolute Gasteiger partial charge is 0.388 e. The Morgan fingerprint density at radius 2 is 2.25 bits per heavy atom. The van der Waals surface area contributed by atoms with E-state index in [4.69, 9.17) is 11.6 Å². The molecule has 66 valence electrons. The van der Waals surface area contributed by atoms with Crippen LogP contribution in [0, 0.1) is 6.92 Å². The first-order chi connectivity index (χ1) is 5.65. The van der Waals surface area contributed by atoms with Crippen molar-refractivity contribution in [2.75, 3.05) is 0 Å². The number of rotatable bonds is 2. The number of pyridine rings is 1. The van der Waals surface area contributed by atoms with Crippen molar-refractivity contribution < 1.29 is 5.11 Å². The van der Waals surface area contributed by atoms with Crippen LogP contribution in [-0.4, -0.2) is 10.1 Å². The average Bonchev–Trinajstić information content (AvgIpc) is 2.03. The lowest BCUT2D eigenvalue weighted by atomic mass is 10.1. The Morgan fingerprint density at radius 1 is 1.58 bits per heavy atom. The van der Waals surface area contributed by atoms with Crippen molar-refractivity contribution in [2.45, 2.75) is 26.4 Å². The van der Waals surface area contributed by atoms with Gasteiger partial charge in [0.25, 0.3) is 0 Å². The molecule has 0 aromatic carbocycles. The Hall–Kier alpha value is -0.600. The van der Waals surface area contributed by atoms with Gasteiger partial charge in [-0.1, -0.05) is 24.6 Å². The molecular formula is C9H12ClNO. The maximum atomic E-state index is 9.52. The highest BCUT2D eigenvalue weighted by Gasteiger charge is 2.08. The van der Waals surface area contributed by atoms with E-state index in [0.717, 1.165) is 11.3 Å². The maximum Gasteiger partial charge on any atom is 0.129 e. The summed E-state index contributed by atoms with van der Waals surface area (Å²) < 4.78 is 0. The number of hydrogen-bond acceptors (Lipinski definition) is 2. The highest BCUT2D eigenvalue weighted by atomic mass is 35.5. The second-order valence-corrected chi connectivity index (χ2v) is 3.12. The highest BCUT2D eigenvalue weighted by Crippen LogP contribution is 2.20. The Bertz CT molecular complexity index is 275. The summed E-state index contributed by atoms with van der Waals surface area (Å²) in [5, 5.41) is 9.99. The van der Waals surface area contributed by atoms with Crippen molar-refractivity contribution in [3.63, 3.8) is 0 Å². The Balaban J connectivity index is 3.01. The lowest BCUT2D eigenvalue weighted by molar-refractivity contribution is 0.172. The van der Waals surface area contributed by atoms with E-state index < -0.39 is 6.10 Å². The number of hydrogen-bond donors (Lipinski definition) is 1. The number of aliphatic hydroxyl groups is 1. The predicted octanol–water partition coefficient (Wildman–Crippen LogP) is 2.49. The fourth-order valence-corrected chi connectivity index (χ4v) is 1.30. The first kappa shape index (κ1) is 9.49. The summed E-state index contributed by atoms with van der Waals surface area (Å²) in [6, 6.07) is 3.52. The monoisotopic (exact) mass is 185 g/mol. The predicted molar refractivity (Wildman–Crippen MR) is 49.2 cm³/mol. The lowest BCUT2D eigenvalue weighted by Crippen LogP contribution is -1.99. The number of halogens is 1. The third-order valence-electron chi connectivity index (χ3n) is 1.84. The van der Waals surface area contributed by atoms with Gasteiger partial charge in [0.1, 0.15) is 5.15 Å². The molecule has 1 aromatic rings. The topological polar surface area (TPSA) is 33.1 Å². The van der Waals surface area contributed by atoms with E-state index in [9.17, 15) is 5.11 Å². The molecule has 0 amide bonds. The van der Waals surface area contributed by atoms with E-state index in [0.29, 0.717) is 11.6 Å². The number of aliphatic hydroxyl groups excluding tert-OH is 1. The molecule has 2 nitrogen and oxygen atoms in total. The van der Waals surface area contributed by atoms with Crippen LogP contribution in [0.3, 0.4) is 0 Å². The van der Waals surface area contributed by atoms with Gasteiger partial charge < -0.3 is 5.11 Å². The number of nitrogens with zero attached hydrogens (tertiary/aromatic N) is 1. The molecule has 0 spiro atoms. The molecule has 1 aromatic heterocycles. The SMILES string of the molecule is CC[C@@H](O)c1ccc(Cl)nc1C. The minimum Gasteiger partial charge on any atom is -0.388 e. The van der Waals surface area contributed by atoms with E-state index in [2.05, 4.69) is 4.98 Å². The van der Waals surface area contributed by atoms with Crippen molar-refractivity contribution in [3.8, 4) is 0 Å². The van der Waals surface area contributed by atoms with Crippen LogP contribution >= 0.6 is 11.6 Å². The average molecular weight is 186 g/mol. The third-order valence-corrected chi connectivity index (χ3v) is 2.05. The zero-order valence-corrected chi connectivity index (χ0v) is 7.97. The van der Waals surface area contributed by atoms with Gasteiger partial charge in [-0.25, -0.2) is 4.98 Å². The summed E-state index contributed by atoms with van der Waals surface area (Å²) in [6.07, 6.45) is 0.277. The molecule has 0 saturated heterocycles. The summed E-state index contributed by atoms with van der Waals surface area (Å²) in [5.41, 5.74) is 1.67. The molecule has 0 radical (unpaired) electrons. The molecule has 0 aliphatic carbocycles. The van der Waals surface area contributed by atoms with Crippen LogP contribution in [0.2, 0.25) is 5.15 Å². The minimum absolute atomic E-state index is 0.422. The van der Waals surface area contributed by atoms with E-state index >= 15 is 0 Å². The molecular weight excluding hydrogens is 174 g/mol. The molecule has 0 unspecified atom stereocenters. The zero-order valence-electron chi connectivity index (χ0n) is 7.21. The van der Waals surface area contributed by atoms with E-state index in [1.807, 2.05) is 19.9 Å². The molecule has 3 heteroatoms. The standard InChI is InChI=1S/C9H12ClNO/c1-3-8(12)7-4-5-9(10)11-6(7)2/h4-5,8,12H,3H2,1-2H3/t8-/m1/s1. The van der Waals surface area contributed by atoms with E-state index in [1.165, 1.54) is 0 Å². The van der Waals surface area contributed by atoms with Crippen LogP contribution in [0.15, 0.2) is 12.1 Å². The van der Waals surface area contributed by atoms with Crippen molar-refractivity contribution >= 4 is 11.6 Å². The van der Waals surface area contributed by atoms with Gasteiger partial charge in [0.05, 0.1) is 6.10 Å². The maximum absolute atomic E-state index is 9.52. The fourth-order valence-electron chi connectivity index (χ4n) is 1.11. The van der Waals surface area contributed by atoms with Crippen LogP contribution < -0.4 is 0 Å². The van der Waals surface area contributed by atoms with Crippen LogP contribution in [0.25, 0.3) is 0 Å². The minimum atomic E-state index is -0.422. The molecule has 0 aliphatic heterocycles. The molecule has 0 saturated carbocycles. The molecule has 0 bridgehead atoms. The van der Waals surface area contributed by atoms with E-state index in [-0.39, 0.29) is 0 Å². The van der Waals surface area contributed by atoms with Crippen molar-refractivity contribution in [3.05, 3.63) is 28.5 Å². The molecule has 12 heavy (non-hydrogen) atoms. The van der Waals surface area contributed by atoms with Gasteiger partial charge >= 0.3 is 0 Å². The first-order valence-electron chi connectivity index (χ1n) is 3.96. The summed E-state index contributed by atoms with van der Waals surface area (Å²) in [6.45, 7) is 3.78. The second kappa shape index (κ2) is 3.87. The van der Waals surface area contributed by atoms with Crippen molar-refractivity contribution in [2.24, 2.45) is 0 Å². The molecule has 1 heterocycles. The van der Waals surface area contributed by atoms with E-state index in [1.54, 1.807) is 6.07 Å². The van der Waals surface area contributed by atoms with Gasteiger partial charge in [-0.15, -0.1) is 0 Å². The van der Waals surface area contributed by atoms with Crippen molar-refractivity contribution in [1.29, 1.82) is 0 Å². The van der Waals surface area contributed by atoms with Gasteiger partial charge in [-0.05, 0) is 19.4 Å². The summed E-state index contributed by atoms with van der Waals surface area (Å²) >= 11 is 5.67. The molecule has 0 fully saturated rings. The van der Waals surface area contributed by atoms with Gasteiger partial charge in [0.2, 0.25) is 0 Å². The highest BCUT2D eigenvalue weighted by molar-refractivity contribution is 6.29. The Labute approximate surface area is 77.2 Å². The van der Waals surface area contributed by atoms with Gasteiger partial charge in [-0.3, -0.25) is 0 Å². The zero-order chi connectivity index (χ0) is 9.14. The van der Waals surface area contributed by atoms with Crippen molar-refractivity contribution in [1.82, 2.24) is 4.98 Å². The van der Waals surface area contributed by atoms with Crippen LogP contribution in [-0.2, 0) is 0 Å². The van der Waals surface area contributed by atoms with Crippen LogP contribution in [0.5, 0.6) is 0 Å². The number of aromatic nitrogens is 1. The fraction of sp³-hybridized carbons (Fsp3) is 0.444. The molecule has 1 atom stereocenters. The van der Waals surface area contributed by atoms with Crippen LogP contribution in [0.1, 0.15) is 30.7 Å². The Kier molecular flexibility index (Phi) is 3.06. The quantitative estimate of drug-likeness (QED) is 0.719. The Morgan fingerprint density at radius 3 is 2.75 bits per heavy atom. The van der Waals surface area contributed by atoms with Gasteiger partial charge in [-0.2, -0.15) is 0 Å². The molecule has 1 N–H and O–H groups in total. The lowest BCUT2D eigenvalue weighted by Gasteiger charge is -2.10. The summed E-state index contributed by atoms with van der Waals surface area (Å²) in [5.74, 6) is 0. The van der Waals surface area contributed by atoms with Crippen LogP contribution in [0.4, 0.5) is 0 Å². The first-order valence-corrected chi connectivity index (χ1v) is 4.34. The van der Waals surface area contributed by atoms with Gasteiger partial charge in [0.15, 0.2) is 0 Å². The molecule has 0 aliphatic rings.